The van der Waals surface area contributed by atoms with Crippen molar-refractivity contribution in [2.45, 2.75) is 13.0 Å². The molecule has 136 valence electrons. The van der Waals surface area contributed by atoms with Gasteiger partial charge in [0.05, 0.1) is 5.56 Å². The van der Waals surface area contributed by atoms with Crippen LogP contribution < -0.4 is 15.8 Å². The number of carbonyl (C=O) groups is 3. The van der Waals surface area contributed by atoms with Gasteiger partial charge in [-0.25, -0.2) is 9.18 Å². The lowest BCUT2D eigenvalue weighted by Gasteiger charge is -2.14. The number of nitrogens with two attached hydrogens (primary N) is 1. The Morgan fingerprint density at radius 3 is 2.46 bits per heavy atom. The zero-order chi connectivity index (χ0) is 19.1. The van der Waals surface area contributed by atoms with Gasteiger partial charge in [0.1, 0.15) is 11.6 Å². The molecule has 8 heteroatoms. The summed E-state index contributed by atoms with van der Waals surface area (Å²) in [7, 11) is 0. The normalized spacial score (nSPS) is 11.3. The topological polar surface area (TPSA) is 108 Å². The maximum Gasteiger partial charge on any atom is 0.338 e. The molecule has 0 aliphatic carbocycles. The molecule has 0 bridgehead atoms. The Morgan fingerprint density at radius 1 is 1.15 bits per heavy atom. The van der Waals surface area contributed by atoms with Crippen molar-refractivity contribution in [3.8, 4) is 5.75 Å². The van der Waals surface area contributed by atoms with Gasteiger partial charge in [0.15, 0.2) is 12.7 Å². The second-order valence-electron chi connectivity index (χ2n) is 5.33. The summed E-state index contributed by atoms with van der Waals surface area (Å²) in [5.41, 5.74) is 5.42. The first-order valence-electron chi connectivity index (χ1n) is 7.63. The molecule has 0 aliphatic rings. The van der Waals surface area contributed by atoms with E-state index in [0.29, 0.717) is 5.75 Å². The molecule has 2 rings (SSSR count). The number of anilines is 1. The number of ether oxygens (including phenoxy) is 2. The van der Waals surface area contributed by atoms with Gasteiger partial charge in [-0.15, -0.1) is 0 Å². The molecule has 0 saturated heterocycles. The van der Waals surface area contributed by atoms with Crippen molar-refractivity contribution in [1.82, 2.24) is 0 Å². The standard InChI is InChI=1S/C18H17FN2O5/c1-11(17(23)21-14-4-2-3-13(19)9-14)26-18(24)12-5-7-15(8-6-12)25-10-16(20)22/h2-9,11H,10H2,1H3,(H2,20,22)(H,21,23)/t11-/m0/s1. The van der Waals surface area contributed by atoms with Crippen LogP contribution in [0.15, 0.2) is 48.5 Å². The van der Waals surface area contributed by atoms with Crippen molar-refractivity contribution in [3.63, 3.8) is 0 Å². The number of rotatable bonds is 7. The van der Waals surface area contributed by atoms with Crippen molar-refractivity contribution in [1.29, 1.82) is 0 Å². The van der Waals surface area contributed by atoms with Crippen LogP contribution in [-0.2, 0) is 14.3 Å². The summed E-state index contributed by atoms with van der Waals surface area (Å²) >= 11 is 0. The van der Waals surface area contributed by atoms with E-state index in [2.05, 4.69) is 5.32 Å². The molecule has 0 aliphatic heterocycles. The van der Waals surface area contributed by atoms with Crippen LogP contribution in [0.5, 0.6) is 5.75 Å². The lowest BCUT2D eigenvalue weighted by atomic mass is 10.2. The van der Waals surface area contributed by atoms with Gasteiger partial charge >= 0.3 is 5.97 Å². The second-order valence-corrected chi connectivity index (χ2v) is 5.33. The first-order chi connectivity index (χ1) is 12.3. The van der Waals surface area contributed by atoms with Crippen molar-refractivity contribution < 1.29 is 28.2 Å². The van der Waals surface area contributed by atoms with Gasteiger partial charge in [0, 0.05) is 5.69 Å². The van der Waals surface area contributed by atoms with Gasteiger partial charge in [-0.2, -0.15) is 0 Å². The molecule has 3 N–H and O–H groups in total. The van der Waals surface area contributed by atoms with Crippen LogP contribution in [0.3, 0.4) is 0 Å². The highest BCUT2D eigenvalue weighted by molar-refractivity contribution is 5.97. The van der Waals surface area contributed by atoms with Crippen molar-refractivity contribution in [2.24, 2.45) is 5.73 Å². The third kappa shape index (κ3) is 5.59. The van der Waals surface area contributed by atoms with E-state index in [1.807, 2.05) is 0 Å². The molecule has 0 saturated carbocycles. The van der Waals surface area contributed by atoms with Crippen molar-refractivity contribution >= 4 is 23.5 Å². The van der Waals surface area contributed by atoms with Crippen LogP contribution in [0.2, 0.25) is 0 Å². The summed E-state index contributed by atoms with van der Waals surface area (Å²) in [4.78, 5) is 34.7. The summed E-state index contributed by atoms with van der Waals surface area (Å²) in [6.45, 7) is 1.12. The van der Waals surface area contributed by atoms with E-state index in [1.54, 1.807) is 0 Å². The third-order valence-corrected chi connectivity index (χ3v) is 3.22. The summed E-state index contributed by atoms with van der Waals surface area (Å²) in [6.07, 6.45) is -1.09. The number of nitrogens with one attached hydrogen (secondary N) is 1. The van der Waals surface area contributed by atoms with Crippen LogP contribution in [0.25, 0.3) is 0 Å². The fourth-order valence-electron chi connectivity index (χ4n) is 1.93. The minimum Gasteiger partial charge on any atom is -0.484 e. The number of primary amides is 1. The Balaban J connectivity index is 1.91. The monoisotopic (exact) mass is 360 g/mol. The number of benzene rings is 2. The zero-order valence-corrected chi connectivity index (χ0v) is 13.9. The van der Waals surface area contributed by atoms with Gasteiger partial charge in [-0.3, -0.25) is 9.59 Å². The molecule has 0 spiro atoms. The van der Waals surface area contributed by atoms with E-state index < -0.39 is 29.7 Å². The fraction of sp³-hybridized carbons (Fsp3) is 0.167. The van der Waals surface area contributed by atoms with E-state index in [4.69, 9.17) is 15.2 Å². The molecule has 7 nitrogen and oxygen atoms in total. The van der Waals surface area contributed by atoms with Gasteiger partial charge in [0.25, 0.3) is 11.8 Å². The highest BCUT2D eigenvalue weighted by atomic mass is 19.1. The average molecular weight is 360 g/mol. The second kappa shape index (κ2) is 8.61. The number of amides is 2. The van der Waals surface area contributed by atoms with Gasteiger partial charge in [-0.05, 0) is 49.4 Å². The first kappa shape index (κ1) is 18.9. The lowest BCUT2D eigenvalue weighted by molar-refractivity contribution is -0.123. The third-order valence-electron chi connectivity index (χ3n) is 3.22. The molecule has 1 atom stereocenters. The lowest BCUT2D eigenvalue weighted by Crippen LogP contribution is -2.30. The number of halogens is 1. The molecule has 0 aromatic heterocycles. The molecule has 0 unspecified atom stereocenters. The highest BCUT2D eigenvalue weighted by Gasteiger charge is 2.19. The summed E-state index contributed by atoms with van der Waals surface area (Å²) < 4.78 is 23.3. The maximum atomic E-state index is 13.1. The smallest absolute Gasteiger partial charge is 0.338 e. The minimum atomic E-state index is -1.09. The molecule has 26 heavy (non-hydrogen) atoms. The first-order valence-corrected chi connectivity index (χ1v) is 7.63. The Bertz CT molecular complexity index is 807. The van der Waals surface area contributed by atoms with E-state index >= 15 is 0 Å². The number of esters is 1. The maximum absolute atomic E-state index is 13.1. The van der Waals surface area contributed by atoms with Gasteiger partial charge in [-0.1, -0.05) is 6.07 Å². The van der Waals surface area contributed by atoms with Crippen LogP contribution >= 0.6 is 0 Å². The van der Waals surface area contributed by atoms with Crippen LogP contribution in [0, 0.1) is 5.82 Å². The predicted molar refractivity (Wildman–Crippen MR) is 91.0 cm³/mol. The molecular formula is C18H17FN2O5. The van der Waals surface area contributed by atoms with Crippen LogP contribution in [0.4, 0.5) is 10.1 Å². The number of carbonyl (C=O) groups excluding carboxylic acids is 3. The van der Waals surface area contributed by atoms with E-state index in [9.17, 15) is 18.8 Å². The number of hydrogen-bond donors (Lipinski definition) is 2. The largest absolute Gasteiger partial charge is 0.484 e. The Kier molecular flexibility index (Phi) is 6.26. The Hall–Kier alpha value is -3.42. The molecule has 2 amide bonds. The molecule has 0 heterocycles. The van der Waals surface area contributed by atoms with E-state index in [-0.39, 0.29) is 17.9 Å². The molecule has 0 radical (unpaired) electrons. The molecular weight excluding hydrogens is 343 g/mol. The molecule has 0 fully saturated rings. The van der Waals surface area contributed by atoms with E-state index in [1.165, 1.54) is 49.4 Å². The minimum absolute atomic E-state index is 0.196. The predicted octanol–water partition coefficient (Wildman–Crippen LogP) is 1.87. The quantitative estimate of drug-likeness (QED) is 0.733. The fourth-order valence-corrected chi connectivity index (χ4v) is 1.93. The number of hydrogen-bond acceptors (Lipinski definition) is 5. The summed E-state index contributed by atoms with van der Waals surface area (Å²) in [6, 6.07) is 11.1. The Morgan fingerprint density at radius 2 is 1.85 bits per heavy atom. The average Bonchev–Trinajstić information content (AvgIpc) is 2.60. The van der Waals surface area contributed by atoms with Crippen LogP contribution in [-0.4, -0.2) is 30.5 Å². The van der Waals surface area contributed by atoms with Crippen molar-refractivity contribution in [2.75, 3.05) is 11.9 Å². The van der Waals surface area contributed by atoms with Crippen LogP contribution in [0.1, 0.15) is 17.3 Å². The van der Waals surface area contributed by atoms with Crippen molar-refractivity contribution in [3.05, 3.63) is 59.9 Å². The molecule has 2 aromatic carbocycles. The SMILES string of the molecule is C[C@H](OC(=O)c1ccc(OCC(N)=O)cc1)C(=O)Nc1cccc(F)c1. The molecule has 2 aromatic rings. The van der Waals surface area contributed by atoms with Gasteiger partial charge in [0.2, 0.25) is 0 Å². The van der Waals surface area contributed by atoms with Gasteiger partial charge < -0.3 is 20.5 Å². The Labute approximate surface area is 148 Å². The van der Waals surface area contributed by atoms with E-state index in [0.717, 1.165) is 6.07 Å². The summed E-state index contributed by atoms with van der Waals surface area (Å²) in [5, 5.41) is 2.46. The zero-order valence-electron chi connectivity index (χ0n) is 13.9. The summed E-state index contributed by atoms with van der Waals surface area (Å²) in [5.74, 6) is -2.06. The highest BCUT2D eigenvalue weighted by Crippen LogP contribution is 2.14.